The van der Waals surface area contributed by atoms with Crippen LogP contribution in [-0.4, -0.2) is 24.3 Å². The molecule has 140 valence electrons. The summed E-state index contributed by atoms with van der Waals surface area (Å²) in [5.41, 5.74) is 2.87. The van der Waals surface area contributed by atoms with Crippen molar-refractivity contribution in [1.82, 2.24) is 5.32 Å². The number of pyridine rings is 1. The fourth-order valence-corrected chi connectivity index (χ4v) is 2.93. The molecular weight excluding hydrogens is 443 g/mol. The Balaban J connectivity index is 0.00000243. The van der Waals surface area contributed by atoms with Gasteiger partial charge in [-0.3, -0.25) is 0 Å². The van der Waals surface area contributed by atoms with Crippen LogP contribution in [0.25, 0.3) is 11.1 Å². The zero-order valence-electron chi connectivity index (χ0n) is 15.6. The molecule has 2 aromatic rings. The van der Waals surface area contributed by atoms with Gasteiger partial charge >= 0.3 is 6.09 Å². The zero-order chi connectivity index (χ0) is 18.0. The molecule has 1 aliphatic rings. The average Bonchev–Trinajstić information content (AvgIpc) is 2.53. The van der Waals surface area contributed by atoms with Gasteiger partial charge in [-0.25, -0.2) is 9.36 Å². The van der Waals surface area contributed by atoms with Crippen LogP contribution in [0.5, 0.6) is 5.75 Å². The van der Waals surface area contributed by atoms with Crippen LogP contribution in [0, 0.1) is 0 Å². The van der Waals surface area contributed by atoms with E-state index in [1.165, 1.54) is 0 Å². The molecule has 6 heteroatoms. The van der Waals surface area contributed by atoms with Gasteiger partial charge in [0.05, 0.1) is 6.04 Å². The molecule has 0 saturated carbocycles. The SMILES string of the molecule is C[n+]1ccc(-c2cccc3c2C[C@H](NC(=O)OC(C)(C)C)CO3)cc1.[I-]. The van der Waals surface area contributed by atoms with Crippen LogP contribution in [0.3, 0.4) is 0 Å². The lowest BCUT2D eigenvalue weighted by atomic mass is 9.93. The second-order valence-corrected chi connectivity index (χ2v) is 7.39. The van der Waals surface area contributed by atoms with Crippen molar-refractivity contribution in [1.29, 1.82) is 0 Å². The summed E-state index contributed by atoms with van der Waals surface area (Å²) in [7, 11) is 1.99. The van der Waals surface area contributed by atoms with E-state index in [1.807, 2.05) is 56.9 Å². The third kappa shape index (κ3) is 5.09. The molecule has 1 amide bonds. The van der Waals surface area contributed by atoms with Crippen LogP contribution >= 0.6 is 0 Å². The smallest absolute Gasteiger partial charge is 0.408 e. The molecule has 26 heavy (non-hydrogen) atoms. The standard InChI is InChI=1S/C20H24N2O3.HI/c1-20(2,3)25-19(23)21-15-12-17-16(6-5-7-18(17)24-13-15)14-8-10-22(4)11-9-14;/h5-11,15H,12-13H2,1-4H3;1H/t15-;/m0./s1. The summed E-state index contributed by atoms with van der Waals surface area (Å²) in [4.78, 5) is 12.0. The minimum atomic E-state index is -0.512. The number of amides is 1. The van der Waals surface area contributed by atoms with Crippen LogP contribution in [0.4, 0.5) is 4.79 Å². The highest BCUT2D eigenvalue weighted by molar-refractivity contribution is 5.71. The van der Waals surface area contributed by atoms with E-state index in [0.717, 1.165) is 22.4 Å². The van der Waals surface area contributed by atoms with Crippen LogP contribution < -0.4 is 38.6 Å². The van der Waals surface area contributed by atoms with Gasteiger partial charge in [-0.15, -0.1) is 0 Å². The number of carbonyl (C=O) groups is 1. The molecule has 5 nitrogen and oxygen atoms in total. The summed E-state index contributed by atoms with van der Waals surface area (Å²) in [5.74, 6) is 0.882. The maximum absolute atomic E-state index is 12.0. The van der Waals surface area contributed by atoms with Crippen LogP contribution in [-0.2, 0) is 18.2 Å². The van der Waals surface area contributed by atoms with E-state index >= 15 is 0 Å². The van der Waals surface area contributed by atoms with Crippen molar-refractivity contribution in [3.05, 3.63) is 48.3 Å². The van der Waals surface area contributed by atoms with Gasteiger partial charge in [0.25, 0.3) is 0 Å². The summed E-state index contributed by atoms with van der Waals surface area (Å²) in [6, 6.07) is 10.1. The number of rotatable bonds is 2. The predicted octanol–water partition coefficient (Wildman–Crippen LogP) is 0.0103. The van der Waals surface area contributed by atoms with Gasteiger partial charge in [-0.1, -0.05) is 12.1 Å². The van der Waals surface area contributed by atoms with Crippen molar-refractivity contribution in [2.75, 3.05) is 6.61 Å². The summed E-state index contributed by atoms with van der Waals surface area (Å²) < 4.78 is 13.2. The van der Waals surface area contributed by atoms with Gasteiger partial charge in [0, 0.05) is 24.1 Å². The molecule has 0 unspecified atom stereocenters. The van der Waals surface area contributed by atoms with E-state index in [0.29, 0.717) is 13.0 Å². The van der Waals surface area contributed by atoms with Crippen LogP contribution in [0.15, 0.2) is 42.7 Å². The first-order valence-electron chi connectivity index (χ1n) is 8.52. The maximum Gasteiger partial charge on any atom is 0.408 e. The number of benzene rings is 1. The van der Waals surface area contributed by atoms with Crippen molar-refractivity contribution < 1.29 is 42.8 Å². The largest absolute Gasteiger partial charge is 1.00 e. The Morgan fingerprint density at radius 3 is 2.58 bits per heavy atom. The Labute approximate surface area is 171 Å². The lowest BCUT2D eigenvalue weighted by Crippen LogP contribution is -3.00. The molecule has 2 heterocycles. The Morgan fingerprint density at radius 2 is 1.92 bits per heavy atom. The molecule has 1 atom stereocenters. The number of nitrogens with zero attached hydrogens (tertiary/aromatic N) is 1. The lowest BCUT2D eigenvalue weighted by molar-refractivity contribution is -0.671. The second kappa shape index (κ2) is 8.24. The minimum absolute atomic E-state index is 0. The second-order valence-electron chi connectivity index (χ2n) is 7.39. The number of hydrogen-bond donors (Lipinski definition) is 1. The fraction of sp³-hybridized carbons (Fsp3) is 0.400. The van der Waals surface area contributed by atoms with E-state index in [1.54, 1.807) is 0 Å². The first-order valence-corrected chi connectivity index (χ1v) is 8.52. The summed E-state index contributed by atoms with van der Waals surface area (Å²) >= 11 is 0. The third-order valence-corrected chi connectivity index (χ3v) is 4.03. The third-order valence-electron chi connectivity index (χ3n) is 4.03. The molecule has 0 saturated heterocycles. The van der Waals surface area contributed by atoms with Crippen LogP contribution in [0.2, 0.25) is 0 Å². The predicted molar refractivity (Wildman–Crippen MR) is 95.4 cm³/mol. The quantitative estimate of drug-likeness (QED) is 0.500. The van der Waals surface area contributed by atoms with Gasteiger partial charge < -0.3 is 38.8 Å². The molecule has 1 aromatic heterocycles. The molecule has 1 aliphatic heterocycles. The van der Waals surface area contributed by atoms with Crippen molar-refractivity contribution >= 4 is 6.09 Å². The number of halogens is 1. The molecule has 1 N–H and O–H groups in total. The highest BCUT2D eigenvalue weighted by atomic mass is 127. The molecule has 3 rings (SSSR count). The number of hydrogen-bond acceptors (Lipinski definition) is 3. The van der Waals surface area contributed by atoms with Crippen molar-refractivity contribution in [3.63, 3.8) is 0 Å². The first kappa shape index (κ1) is 20.5. The van der Waals surface area contributed by atoms with Gasteiger partial charge in [-0.2, -0.15) is 0 Å². The zero-order valence-corrected chi connectivity index (χ0v) is 17.7. The molecule has 1 aromatic carbocycles. The molecule has 0 aliphatic carbocycles. The number of fused-ring (bicyclic) bond motifs is 1. The average molecular weight is 468 g/mol. The van der Waals surface area contributed by atoms with Crippen LogP contribution in [0.1, 0.15) is 26.3 Å². The molecule has 0 bridgehead atoms. The monoisotopic (exact) mass is 468 g/mol. The Morgan fingerprint density at radius 1 is 1.23 bits per heavy atom. The van der Waals surface area contributed by atoms with E-state index < -0.39 is 11.7 Å². The normalized spacial score (nSPS) is 15.9. The minimum Gasteiger partial charge on any atom is -1.00 e. The van der Waals surface area contributed by atoms with Gasteiger partial charge in [0.15, 0.2) is 12.4 Å². The molecule has 0 fully saturated rings. The summed E-state index contributed by atoms with van der Waals surface area (Å²) in [6.45, 7) is 6.01. The van der Waals surface area contributed by atoms with E-state index in [4.69, 9.17) is 9.47 Å². The maximum atomic E-state index is 12.0. The van der Waals surface area contributed by atoms with E-state index in [-0.39, 0.29) is 30.0 Å². The van der Waals surface area contributed by atoms with Crippen molar-refractivity contribution in [3.8, 4) is 16.9 Å². The Bertz CT molecular complexity index is 770. The molecule has 0 spiro atoms. The number of aryl methyl sites for hydroxylation is 1. The number of nitrogens with one attached hydrogen (secondary N) is 1. The summed E-state index contributed by atoms with van der Waals surface area (Å²) in [6.07, 6.45) is 4.35. The van der Waals surface area contributed by atoms with E-state index in [9.17, 15) is 4.79 Å². The highest BCUT2D eigenvalue weighted by Gasteiger charge is 2.26. The number of aromatic nitrogens is 1. The highest BCUT2D eigenvalue weighted by Crippen LogP contribution is 2.34. The Kier molecular flexibility index (Phi) is 6.49. The van der Waals surface area contributed by atoms with Gasteiger partial charge in [-0.05, 0) is 38.0 Å². The lowest BCUT2D eigenvalue weighted by Gasteiger charge is -2.29. The van der Waals surface area contributed by atoms with Gasteiger partial charge in [0.1, 0.15) is 25.0 Å². The summed E-state index contributed by atoms with van der Waals surface area (Å²) in [5, 5.41) is 2.91. The van der Waals surface area contributed by atoms with Gasteiger partial charge in [0.2, 0.25) is 0 Å². The topological polar surface area (TPSA) is 51.4 Å². The number of ether oxygens (including phenoxy) is 2. The molecule has 0 radical (unpaired) electrons. The van der Waals surface area contributed by atoms with E-state index in [2.05, 4.69) is 23.5 Å². The first-order chi connectivity index (χ1) is 11.8. The number of alkyl carbamates (subject to hydrolysis) is 1. The number of carbonyl (C=O) groups excluding carboxylic acids is 1. The molecular formula is C20H25IN2O3. The fourth-order valence-electron chi connectivity index (χ4n) is 2.93. The Hall–Kier alpha value is -1.83. The van der Waals surface area contributed by atoms with Crippen molar-refractivity contribution in [2.24, 2.45) is 7.05 Å². The van der Waals surface area contributed by atoms with Crippen molar-refractivity contribution in [2.45, 2.75) is 38.8 Å².